The van der Waals surface area contributed by atoms with Gasteiger partial charge in [-0.2, -0.15) is 0 Å². The third kappa shape index (κ3) is 5.05. The number of rotatable bonds is 6. The fourth-order valence-corrected chi connectivity index (χ4v) is 3.29. The topological polar surface area (TPSA) is 123 Å². The van der Waals surface area contributed by atoms with Gasteiger partial charge in [-0.1, -0.05) is 17.3 Å². The van der Waals surface area contributed by atoms with Crippen LogP contribution in [0.4, 0.5) is 0 Å². The molecule has 1 aliphatic rings. The predicted octanol–water partition coefficient (Wildman–Crippen LogP) is -0.0831. The monoisotopic (exact) mass is 408 g/mol. The fourth-order valence-electron chi connectivity index (χ4n) is 3.29. The quantitative estimate of drug-likeness (QED) is 0.688. The molecule has 9 nitrogen and oxygen atoms in total. The molecular weight excluding hydrogens is 384 g/mol. The van der Waals surface area contributed by atoms with E-state index in [4.69, 9.17) is 5.73 Å². The van der Waals surface area contributed by atoms with Crippen molar-refractivity contribution in [2.24, 2.45) is 11.7 Å². The fraction of sp³-hybridized carbons (Fsp3) is 0.500. The summed E-state index contributed by atoms with van der Waals surface area (Å²) in [6, 6.07) is 6.98. The number of nitrogens with one attached hydrogen (secondary N) is 1. The zero-order valence-electron chi connectivity index (χ0n) is 15.5. The van der Waals surface area contributed by atoms with Gasteiger partial charge in [0.2, 0.25) is 11.8 Å². The Hall–Kier alpha value is -2.52. The lowest BCUT2D eigenvalue weighted by molar-refractivity contribution is -0.135. The first kappa shape index (κ1) is 21.8. The Labute approximate surface area is 168 Å². The lowest BCUT2D eigenvalue weighted by Crippen LogP contribution is -2.46. The third-order valence-corrected chi connectivity index (χ3v) is 4.76. The number of nitrogens with two attached hydrogens (primary N) is 1. The van der Waals surface area contributed by atoms with Crippen LogP contribution in [0.15, 0.2) is 29.1 Å². The molecule has 1 unspecified atom stereocenters. The number of aryl methyl sites for hydroxylation is 1. The van der Waals surface area contributed by atoms with Crippen molar-refractivity contribution in [1.82, 2.24) is 25.2 Å². The van der Waals surface area contributed by atoms with Gasteiger partial charge >= 0.3 is 0 Å². The maximum atomic E-state index is 12.5. The number of amides is 2. The average molecular weight is 409 g/mol. The highest BCUT2D eigenvalue weighted by Crippen LogP contribution is 2.17. The van der Waals surface area contributed by atoms with Gasteiger partial charge in [-0.15, -0.1) is 17.5 Å². The lowest BCUT2D eigenvalue weighted by Gasteiger charge is -2.32. The van der Waals surface area contributed by atoms with Crippen molar-refractivity contribution in [3.8, 4) is 0 Å². The second-order valence-corrected chi connectivity index (χ2v) is 6.64. The van der Waals surface area contributed by atoms with E-state index >= 15 is 0 Å². The third-order valence-electron chi connectivity index (χ3n) is 4.76. The normalized spacial score (nSPS) is 16.5. The molecule has 2 heterocycles. The molecule has 1 atom stereocenters. The zero-order valence-corrected chi connectivity index (χ0v) is 16.4. The molecule has 0 aliphatic carbocycles. The van der Waals surface area contributed by atoms with Crippen molar-refractivity contribution in [3.63, 3.8) is 0 Å². The van der Waals surface area contributed by atoms with Crippen molar-refractivity contribution in [2.45, 2.75) is 25.8 Å². The van der Waals surface area contributed by atoms with Crippen LogP contribution in [0.5, 0.6) is 0 Å². The Morgan fingerprint density at radius 2 is 2.07 bits per heavy atom. The first-order valence-corrected chi connectivity index (χ1v) is 9.18. The number of nitrogens with zero attached hydrogens (tertiary/aromatic N) is 4. The minimum atomic E-state index is -0.258. The Morgan fingerprint density at radius 1 is 1.29 bits per heavy atom. The van der Waals surface area contributed by atoms with Crippen LogP contribution in [0.1, 0.15) is 19.3 Å². The van der Waals surface area contributed by atoms with E-state index in [1.165, 1.54) is 4.68 Å². The number of fused-ring (bicyclic) bond motifs is 1. The summed E-state index contributed by atoms with van der Waals surface area (Å²) >= 11 is 0. The molecule has 152 valence electrons. The van der Waals surface area contributed by atoms with Crippen LogP contribution < -0.4 is 16.6 Å². The molecule has 3 N–H and O–H groups in total. The number of hydrogen-bond acceptors (Lipinski definition) is 6. The SMILES string of the molecule is Cl.NCCNC(=O)C1CCCN(C(=O)CCn2nnc3ccccc3c2=O)C1. The highest BCUT2D eigenvalue weighted by molar-refractivity contribution is 5.85. The summed E-state index contributed by atoms with van der Waals surface area (Å²) < 4.78 is 1.22. The molecule has 2 amide bonds. The van der Waals surface area contributed by atoms with E-state index in [-0.39, 0.29) is 48.7 Å². The first-order valence-electron chi connectivity index (χ1n) is 9.18. The minimum absolute atomic E-state index is 0. The number of aromatic nitrogens is 3. The molecule has 3 rings (SSSR count). The highest BCUT2D eigenvalue weighted by atomic mass is 35.5. The summed E-state index contributed by atoms with van der Waals surface area (Å²) in [4.78, 5) is 38.8. The molecule has 1 aromatic carbocycles. The van der Waals surface area contributed by atoms with Crippen molar-refractivity contribution in [3.05, 3.63) is 34.6 Å². The summed E-state index contributed by atoms with van der Waals surface area (Å²) in [7, 11) is 0. The van der Waals surface area contributed by atoms with Crippen LogP contribution in [0.25, 0.3) is 10.9 Å². The van der Waals surface area contributed by atoms with Crippen molar-refractivity contribution < 1.29 is 9.59 Å². The molecule has 0 bridgehead atoms. The Balaban J connectivity index is 0.00000280. The molecule has 1 aliphatic heterocycles. The van der Waals surface area contributed by atoms with E-state index in [0.29, 0.717) is 37.1 Å². The van der Waals surface area contributed by atoms with Crippen molar-refractivity contribution in [2.75, 3.05) is 26.2 Å². The van der Waals surface area contributed by atoms with Gasteiger partial charge in [0.1, 0.15) is 5.52 Å². The van der Waals surface area contributed by atoms with Crippen LogP contribution >= 0.6 is 12.4 Å². The summed E-state index contributed by atoms with van der Waals surface area (Å²) in [5.41, 5.74) is 5.68. The number of likely N-dealkylation sites (tertiary alicyclic amines) is 1. The predicted molar refractivity (Wildman–Crippen MR) is 107 cm³/mol. The highest BCUT2D eigenvalue weighted by Gasteiger charge is 2.28. The first-order chi connectivity index (χ1) is 13.1. The number of carbonyl (C=O) groups excluding carboxylic acids is 2. The van der Waals surface area contributed by atoms with Crippen LogP contribution in [-0.4, -0.2) is 57.9 Å². The van der Waals surface area contributed by atoms with Gasteiger partial charge in [0.25, 0.3) is 5.56 Å². The summed E-state index contributed by atoms with van der Waals surface area (Å²) in [6.45, 7) is 2.01. The molecule has 1 fully saturated rings. The molecule has 0 spiro atoms. The minimum Gasteiger partial charge on any atom is -0.355 e. The second kappa shape index (κ2) is 10.1. The van der Waals surface area contributed by atoms with Crippen LogP contribution in [0.3, 0.4) is 0 Å². The maximum Gasteiger partial charge on any atom is 0.277 e. The summed E-state index contributed by atoms with van der Waals surface area (Å²) in [6.07, 6.45) is 1.68. The molecule has 28 heavy (non-hydrogen) atoms. The molecule has 0 saturated carbocycles. The van der Waals surface area contributed by atoms with Gasteiger partial charge < -0.3 is 16.0 Å². The average Bonchev–Trinajstić information content (AvgIpc) is 2.71. The Bertz CT molecular complexity index is 887. The largest absolute Gasteiger partial charge is 0.355 e. The van der Waals surface area contributed by atoms with E-state index in [1.54, 1.807) is 29.2 Å². The molecule has 1 saturated heterocycles. The Kier molecular flexibility index (Phi) is 7.89. The molecular formula is C18H25ClN6O3. The maximum absolute atomic E-state index is 12.5. The smallest absolute Gasteiger partial charge is 0.277 e. The molecule has 0 radical (unpaired) electrons. The van der Waals surface area contributed by atoms with E-state index in [2.05, 4.69) is 15.6 Å². The van der Waals surface area contributed by atoms with Gasteiger partial charge in [0, 0.05) is 32.6 Å². The standard InChI is InChI=1S/C18H24N6O3.ClH/c19-8-9-20-17(26)13-4-3-10-23(12-13)16(25)7-11-24-18(27)14-5-1-2-6-15(14)21-22-24;/h1-2,5-6,13H,3-4,7-12,19H2,(H,20,26);1H. The van der Waals surface area contributed by atoms with E-state index in [0.717, 1.165) is 12.8 Å². The Morgan fingerprint density at radius 3 is 2.86 bits per heavy atom. The van der Waals surface area contributed by atoms with Crippen molar-refractivity contribution >= 4 is 35.1 Å². The van der Waals surface area contributed by atoms with Gasteiger partial charge in [0.05, 0.1) is 17.8 Å². The molecule has 2 aromatic rings. The van der Waals surface area contributed by atoms with Gasteiger partial charge in [0.15, 0.2) is 0 Å². The van der Waals surface area contributed by atoms with Crippen LogP contribution in [0, 0.1) is 5.92 Å². The van der Waals surface area contributed by atoms with Crippen molar-refractivity contribution in [1.29, 1.82) is 0 Å². The summed E-state index contributed by atoms with van der Waals surface area (Å²) in [5.74, 6) is -0.361. The molecule has 1 aromatic heterocycles. The number of hydrogen-bond donors (Lipinski definition) is 2. The van der Waals surface area contributed by atoms with Crippen LogP contribution in [-0.2, 0) is 16.1 Å². The van der Waals surface area contributed by atoms with Crippen LogP contribution in [0.2, 0.25) is 0 Å². The zero-order chi connectivity index (χ0) is 19.2. The second-order valence-electron chi connectivity index (χ2n) is 6.64. The number of benzene rings is 1. The number of carbonyl (C=O) groups is 2. The van der Waals surface area contributed by atoms with Gasteiger partial charge in [-0.05, 0) is 25.0 Å². The number of piperidine rings is 1. The van der Waals surface area contributed by atoms with Gasteiger partial charge in [-0.3, -0.25) is 14.4 Å². The van der Waals surface area contributed by atoms with E-state index < -0.39 is 0 Å². The number of halogens is 1. The van der Waals surface area contributed by atoms with Gasteiger partial charge in [-0.25, -0.2) is 4.68 Å². The van der Waals surface area contributed by atoms with E-state index in [9.17, 15) is 14.4 Å². The van der Waals surface area contributed by atoms with E-state index in [1.807, 2.05) is 0 Å². The lowest BCUT2D eigenvalue weighted by atomic mass is 9.97. The molecule has 10 heteroatoms. The summed E-state index contributed by atoms with van der Waals surface area (Å²) in [5, 5.41) is 11.2.